The van der Waals surface area contributed by atoms with Crippen molar-refractivity contribution < 1.29 is 0 Å². The molecule has 0 spiro atoms. The van der Waals surface area contributed by atoms with Gasteiger partial charge in [-0.1, -0.05) is 6.92 Å². The number of hydrogen-bond donors (Lipinski definition) is 1. The Hall–Kier alpha value is -1.75. The number of hydrogen-bond acceptors (Lipinski definition) is 4. The minimum atomic E-state index is 0.730. The van der Waals surface area contributed by atoms with Crippen LogP contribution in [0.4, 0.5) is 0 Å². The average Bonchev–Trinajstić information content (AvgIpc) is 2.80. The van der Waals surface area contributed by atoms with E-state index in [-0.39, 0.29) is 0 Å². The molecule has 0 aliphatic carbocycles. The molecule has 0 amide bonds. The Labute approximate surface area is 107 Å². The van der Waals surface area contributed by atoms with Crippen molar-refractivity contribution in [2.24, 2.45) is 0 Å². The van der Waals surface area contributed by atoms with Crippen LogP contribution in [0.25, 0.3) is 0 Å². The van der Waals surface area contributed by atoms with Gasteiger partial charge in [-0.05, 0) is 30.5 Å². The summed E-state index contributed by atoms with van der Waals surface area (Å²) in [5.41, 5.74) is 2.48. The number of nitrogens with one attached hydrogen (secondary N) is 1. The first-order valence-electron chi connectivity index (χ1n) is 6.28. The standard InChI is InChI=1S/C13H19N5/c1-3-6-18-13(16-10-17-18)9-15-8-12-7-14-5-4-11(12)2/h4-5,7,10,15H,3,6,8-9H2,1-2H3. The lowest BCUT2D eigenvalue weighted by atomic mass is 10.1. The van der Waals surface area contributed by atoms with Crippen LogP contribution in [0.3, 0.4) is 0 Å². The normalized spacial score (nSPS) is 10.8. The molecule has 0 saturated carbocycles. The van der Waals surface area contributed by atoms with E-state index in [1.807, 2.05) is 23.1 Å². The van der Waals surface area contributed by atoms with Gasteiger partial charge in [0.2, 0.25) is 0 Å². The molecular formula is C13H19N5. The molecule has 2 rings (SSSR count). The summed E-state index contributed by atoms with van der Waals surface area (Å²) in [6, 6.07) is 2.02. The van der Waals surface area contributed by atoms with Gasteiger partial charge < -0.3 is 5.32 Å². The molecular weight excluding hydrogens is 226 g/mol. The molecule has 0 aliphatic heterocycles. The second-order valence-corrected chi connectivity index (χ2v) is 4.31. The van der Waals surface area contributed by atoms with Gasteiger partial charge in [0.1, 0.15) is 12.2 Å². The zero-order valence-corrected chi connectivity index (χ0v) is 10.9. The van der Waals surface area contributed by atoms with E-state index in [4.69, 9.17) is 0 Å². The second-order valence-electron chi connectivity index (χ2n) is 4.31. The summed E-state index contributed by atoms with van der Waals surface area (Å²) >= 11 is 0. The lowest BCUT2D eigenvalue weighted by molar-refractivity contribution is 0.542. The Kier molecular flexibility index (Phi) is 4.41. The van der Waals surface area contributed by atoms with Crippen molar-refractivity contribution >= 4 is 0 Å². The van der Waals surface area contributed by atoms with Crippen LogP contribution in [0.1, 0.15) is 30.3 Å². The predicted octanol–water partition coefficient (Wildman–Crippen LogP) is 1.68. The molecule has 5 heteroatoms. The maximum absolute atomic E-state index is 4.26. The Morgan fingerprint density at radius 1 is 1.33 bits per heavy atom. The molecule has 0 atom stereocenters. The van der Waals surface area contributed by atoms with Crippen molar-refractivity contribution in [3.8, 4) is 0 Å². The monoisotopic (exact) mass is 245 g/mol. The van der Waals surface area contributed by atoms with Gasteiger partial charge in [-0.3, -0.25) is 4.98 Å². The highest BCUT2D eigenvalue weighted by molar-refractivity contribution is 5.20. The summed E-state index contributed by atoms with van der Waals surface area (Å²) in [7, 11) is 0. The van der Waals surface area contributed by atoms with Crippen molar-refractivity contribution in [3.63, 3.8) is 0 Å². The zero-order chi connectivity index (χ0) is 12.8. The molecule has 5 nitrogen and oxygen atoms in total. The molecule has 2 aromatic heterocycles. The number of pyridine rings is 1. The van der Waals surface area contributed by atoms with Crippen molar-refractivity contribution in [1.82, 2.24) is 25.1 Å². The first-order chi connectivity index (χ1) is 8.81. The van der Waals surface area contributed by atoms with E-state index >= 15 is 0 Å². The number of rotatable bonds is 6. The third kappa shape index (κ3) is 3.13. The van der Waals surface area contributed by atoms with E-state index in [9.17, 15) is 0 Å². The number of nitrogens with zero attached hydrogens (tertiary/aromatic N) is 4. The highest BCUT2D eigenvalue weighted by atomic mass is 15.3. The smallest absolute Gasteiger partial charge is 0.140 e. The van der Waals surface area contributed by atoms with Crippen LogP contribution in [-0.2, 0) is 19.6 Å². The van der Waals surface area contributed by atoms with Crippen LogP contribution in [-0.4, -0.2) is 19.7 Å². The van der Waals surface area contributed by atoms with E-state index in [2.05, 4.69) is 34.2 Å². The first kappa shape index (κ1) is 12.7. The van der Waals surface area contributed by atoms with Crippen molar-refractivity contribution in [1.29, 1.82) is 0 Å². The molecule has 18 heavy (non-hydrogen) atoms. The molecule has 0 aromatic carbocycles. The molecule has 0 fully saturated rings. The molecule has 1 N–H and O–H groups in total. The van der Waals surface area contributed by atoms with Gasteiger partial charge in [0.05, 0.1) is 6.54 Å². The summed E-state index contributed by atoms with van der Waals surface area (Å²) in [5, 5.41) is 7.58. The predicted molar refractivity (Wildman–Crippen MR) is 69.8 cm³/mol. The van der Waals surface area contributed by atoms with Crippen molar-refractivity contribution in [2.75, 3.05) is 0 Å². The van der Waals surface area contributed by atoms with E-state index in [1.165, 1.54) is 11.1 Å². The molecule has 0 saturated heterocycles. The second kappa shape index (κ2) is 6.26. The zero-order valence-electron chi connectivity index (χ0n) is 10.9. The van der Waals surface area contributed by atoms with E-state index in [1.54, 1.807) is 6.33 Å². The maximum Gasteiger partial charge on any atom is 0.140 e. The summed E-state index contributed by atoms with van der Waals surface area (Å²) in [4.78, 5) is 8.40. The van der Waals surface area contributed by atoms with Crippen LogP contribution in [0.5, 0.6) is 0 Å². The number of aromatic nitrogens is 4. The fraction of sp³-hybridized carbons (Fsp3) is 0.462. The van der Waals surface area contributed by atoms with Gasteiger partial charge in [0.25, 0.3) is 0 Å². The molecule has 0 unspecified atom stereocenters. The SMILES string of the molecule is CCCn1ncnc1CNCc1cnccc1C. The Bertz CT molecular complexity index is 492. The maximum atomic E-state index is 4.26. The summed E-state index contributed by atoms with van der Waals surface area (Å²) in [6.45, 7) is 6.69. The van der Waals surface area contributed by atoms with Crippen LogP contribution in [0.15, 0.2) is 24.8 Å². The summed E-state index contributed by atoms with van der Waals surface area (Å²) in [6.07, 6.45) is 6.40. The fourth-order valence-electron chi connectivity index (χ4n) is 1.81. The molecule has 0 aliphatic rings. The van der Waals surface area contributed by atoms with Crippen molar-refractivity contribution in [2.45, 2.75) is 39.9 Å². The number of aryl methyl sites for hydroxylation is 2. The lowest BCUT2D eigenvalue weighted by Crippen LogP contribution is -2.18. The van der Waals surface area contributed by atoms with Crippen LogP contribution in [0.2, 0.25) is 0 Å². The van der Waals surface area contributed by atoms with Crippen LogP contribution < -0.4 is 5.32 Å². The molecule has 2 aromatic rings. The molecule has 96 valence electrons. The van der Waals surface area contributed by atoms with Gasteiger partial charge in [-0.25, -0.2) is 9.67 Å². The lowest BCUT2D eigenvalue weighted by Gasteiger charge is -2.07. The highest BCUT2D eigenvalue weighted by Crippen LogP contribution is 2.04. The highest BCUT2D eigenvalue weighted by Gasteiger charge is 2.03. The van der Waals surface area contributed by atoms with Crippen LogP contribution in [0, 0.1) is 6.92 Å². The third-order valence-electron chi connectivity index (χ3n) is 2.88. The van der Waals surface area contributed by atoms with E-state index < -0.39 is 0 Å². The fourth-order valence-corrected chi connectivity index (χ4v) is 1.81. The summed E-state index contributed by atoms with van der Waals surface area (Å²) < 4.78 is 1.95. The molecule has 0 radical (unpaired) electrons. The van der Waals surface area contributed by atoms with Gasteiger partial charge in [-0.15, -0.1) is 0 Å². The Balaban J connectivity index is 1.88. The topological polar surface area (TPSA) is 55.6 Å². The van der Waals surface area contributed by atoms with Crippen molar-refractivity contribution in [3.05, 3.63) is 41.7 Å². The Morgan fingerprint density at radius 3 is 3.00 bits per heavy atom. The molecule has 2 heterocycles. The van der Waals surface area contributed by atoms with Gasteiger partial charge in [0, 0.05) is 25.5 Å². The van der Waals surface area contributed by atoms with Crippen LogP contribution >= 0.6 is 0 Å². The van der Waals surface area contributed by atoms with E-state index in [0.717, 1.165) is 31.9 Å². The molecule has 0 bridgehead atoms. The Morgan fingerprint density at radius 2 is 2.22 bits per heavy atom. The largest absolute Gasteiger partial charge is 0.306 e. The first-order valence-corrected chi connectivity index (χ1v) is 6.28. The summed E-state index contributed by atoms with van der Waals surface area (Å²) in [5.74, 6) is 0.985. The third-order valence-corrected chi connectivity index (χ3v) is 2.88. The van der Waals surface area contributed by atoms with Gasteiger partial charge in [0.15, 0.2) is 0 Å². The quantitative estimate of drug-likeness (QED) is 0.841. The minimum absolute atomic E-state index is 0.730. The van der Waals surface area contributed by atoms with Gasteiger partial charge in [-0.2, -0.15) is 5.10 Å². The van der Waals surface area contributed by atoms with E-state index in [0.29, 0.717) is 0 Å². The minimum Gasteiger partial charge on any atom is -0.306 e. The average molecular weight is 245 g/mol. The van der Waals surface area contributed by atoms with Gasteiger partial charge >= 0.3 is 0 Å².